The molecule has 1 unspecified atom stereocenters. The zero-order chi connectivity index (χ0) is 17.7. The van der Waals surface area contributed by atoms with E-state index < -0.39 is 23.4 Å². The third-order valence-electron chi connectivity index (χ3n) is 4.74. The highest BCUT2D eigenvalue weighted by molar-refractivity contribution is 5.93. The van der Waals surface area contributed by atoms with Gasteiger partial charge in [0.05, 0.1) is 5.69 Å². The number of halogens is 3. The van der Waals surface area contributed by atoms with Crippen molar-refractivity contribution in [2.75, 3.05) is 0 Å². The van der Waals surface area contributed by atoms with Crippen LogP contribution in [0.1, 0.15) is 39.6 Å². The number of carbonyl (C=O) groups excluding carboxylic acids is 1. The molecule has 0 fully saturated rings. The lowest BCUT2D eigenvalue weighted by molar-refractivity contribution is 0.1000. The van der Waals surface area contributed by atoms with Crippen molar-refractivity contribution in [1.82, 2.24) is 9.38 Å². The highest BCUT2D eigenvalue weighted by atomic mass is 19.2. The predicted molar refractivity (Wildman–Crippen MR) is 84.8 cm³/mol. The Balaban J connectivity index is 1.73. The number of benzene rings is 1. The normalized spacial score (nSPS) is 16.8. The van der Waals surface area contributed by atoms with Gasteiger partial charge in [0.25, 0.3) is 0 Å². The number of carbonyl (C=O) groups is 1. The molecule has 0 saturated carbocycles. The number of hydrogen-bond acceptors (Lipinski definition) is 2. The second-order valence-electron chi connectivity index (χ2n) is 6.24. The minimum Gasteiger partial charge on any atom is -0.366 e. The van der Waals surface area contributed by atoms with Crippen LogP contribution in [-0.4, -0.2) is 15.3 Å². The minimum atomic E-state index is -1.19. The van der Waals surface area contributed by atoms with Gasteiger partial charge in [-0.25, -0.2) is 18.2 Å². The topological polar surface area (TPSA) is 60.4 Å². The molecule has 0 aliphatic heterocycles. The van der Waals surface area contributed by atoms with Gasteiger partial charge in [0, 0.05) is 23.5 Å². The van der Waals surface area contributed by atoms with E-state index in [0.717, 1.165) is 17.5 Å². The zero-order valence-electron chi connectivity index (χ0n) is 13.1. The molecule has 0 radical (unpaired) electrons. The van der Waals surface area contributed by atoms with Gasteiger partial charge >= 0.3 is 0 Å². The highest BCUT2D eigenvalue weighted by Crippen LogP contribution is 2.34. The Morgan fingerprint density at radius 1 is 1.16 bits per heavy atom. The number of imidazole rings is 1. The largest absolute Gasteiger partial charge is 0.366 e. The van der Waals surface area contributed by atoms with Gasteiger partial charge in [-0.05, 0) is 48.9 Å². The molecule has 3 aromatic rings. The number of fused-ring (bicyclic) bond motifs is 3. The number of hydrogen-bond donors (Lipinski definition) is 1. The monoisotopic (exact) mass is 345 g/mol. The highest BCUT2D eigenvalue weighted by Gasteiger charge is 2.27. The van der Waals surface area contributed by atoms with Crippen LogP contribution in [0.5, 0.6) is 0 Å². The summed E-state index contributed by atoms with van der Waals surface area (Å²) in [7, 11) is 0. The van der Waals surface area contributed by atoms with E-state index in [1.807, 2.05) is 4.40 Å². The summed E-state index contributed by atoms with van der Waals surface area (Å²) in [6, 6.07) is 4.75. The van der Waals surface area contributed by atoms with E-state index in [-0.39, 0.29) is 11.5 Å². The molecule has 0 bridgehead atoms. The molecule has 4 nitrogen and oxygen atoms in total. The van der Waals surface area contributed by atoms with E-state index in [1.165, 1.54) is 0 Å². The Morgan fingerprint density at radius 2 is 1.92 bits per heavy atom. The van der Waals surface area contributed by atoms with E-state index >= 15 is 0 Å². The van der Waals surface area contributed by atoms with Gasteiger partial charge in [0.1, 0.15) is 11.5 Å². The van der Waals surface area contributed by atoms with E-state index in [9.17, 15) is 18.0 Å². The molecule has 2 aromatic heterocycles. The number of nitrogens with zero attached hydrogens (tertiary/aromatic N) is 2. The fraction of sp³-hybridized carbons (Fsp3) is 0.222. The molecule has 1 aliphatic rings. The van der Waals surface area contributed by atoms with Crippen molar-refractivity contribution >= 4 is 11.6 Å². The molecule has 1 atom stereocenters. The van der Waals surface area contributed by atoms with Crippen LogP contribution in [0.2, 0.25) is 0 Å². The summed E-state index contributed by atoms with van der Waals surface area (Å²) in [6.07, 6.45) is 3.38. The van der Waals surface area contributed by atoms with Crippen molar-refractivity contribution in [3.63, 3.8) is 0 Å². The fourth-order valence-corrected chi connectivity index (χ4v) is 3.49. The van der Waals surface area contributed by atoms with Crippen molar-refractivity contribution in [2.24, 2.45) is 5.73 Å². The van der Waals surface area contributed by atoms with Crippen molar-refractivity contribution in [3.05, 3.63) is 70.4 Å². The van der Waals surface area contributed by atoms with Gasteiger partial charge in [-0.3, -0.25) is 4.79 Å². The van der Waals surface area contributed by atoms with Crippen LogP contribution in [0, 0.1) is 17.5 Å². The molecule has 4 rings (SSSR count). The molecule has 0 spiro atoms. The fourth-order valence-electron chi connectivity index (χ4n) is 3.49. The lowest BCUT2D eigenvalue weighted by atomic mass is 9.84. The first-order chi connectivity index (χ1) is 11.9. The van der Waals surface area contributed by atoms with Crippen LogP contribution < -0.4 is 5.73 Å². The molecule has 2 heterocycles. The molecule has 1 aliphatic carbocycles. The van der Waals surface area contributed by atoms with Gasteiger partial charge in [-0.2, -0.15) is 0 Å². The molecule has 2 N–H and O–H groups in total. The minimum absolute atomic E-state index is 0.166. The number of primary amides is 1. The van der Waals surface area contributed by atoms with E-state index in [2.05, 4.69) is 4.98 Å². The molecule has 1 amide bonds. The van der Waals surface area contributed by atoms with Crippen LogP contribution >= 0.6 is 0 Å². The van der Waals surface area contributed by atoms with Gasteiger partial charge < -0.3 is 10.1 Å². The molecular weight excluding hydrogens is 331 g/mol. The average molecular weight is 345 g/mol. The van der Waals surface area contributed by atoms with Gasteiger partial charge in [-0.1, -0.05) is 0 Å². The van der Waals surface area contributed by atoms with Crippen LogP contribution in [-0.2, 0) is 12.8 Å². The van der Waals surface area contributed by atoms with E-state index in [4.69, 9.17) is 5.73 Å². The lowest BCUT2D eigenvalue weighted by Gasteiger charge is -2.22. The number of amides is 1. The number of rotatable bonds is 2. The first-order valence-corrected chi connectivity index (χ1v) is 7.88. The molecule has 128 valence electrons. The molecule has 25 heavy (non-hydrogen) atoms. The van der Waals surface area contributed by atoms with Gasteiger partial charge in [-0.15, -0.1) is 0 Å². The molecule has 0 saturated heterocycles. The maximum absolute atomic E-state index is 14.1. The summed E-state index contributed by atoms with van der Waals surface area (Å²) in [5, 5.41) is 0. The first-order valence-electron chi connectivity index (χ1n) is 7.88. The third-order valence-corrected chi connectivity index (χ3v) is 4.74. The number of nitrogens with two attached hydrogens (primary N) is 1. The molecular formula is C18H14F3N3O. The number of pyridine rings is 1. The maximum Gasteiger partial charge on any atom is 0.248 e. The van der Waals surface area contributed by atoms with Gasteiger partial charge in [0.15, 0.2) is 11.6 Å². The lowest BCUT2D eigenvalue weighted by Crippen LogP contribution is -2.15. The number of aryl methyl sites for hydroxylation is 1. The Labute approximate surface area is 141 Å². The summed E-state index contributed by atoms with van der Waals surface area (Å²) in [5.74, 6) is -3.80. The summed E-state index contributed by atoms with van der Waals surface area (Å²) in [5.41, 5.74) is 8.14. The standard InChI is InChI=1S/C18H14F3N3O/c19-12-8-14(21)13(20)7-11(12)9-1-2-16-15(5-9)23-17-6-10(18(22)25)3-4-24(16)17/h3-4,6-9H,1-2,5H2,(H2,22,25). The quantitative estimate of drug-likeness (QED) is 0.726. The predicted octanol–water partition coefficient (Wildman–Crippen LogP) is 3.12. The van der Waals surface area contributed by atoms with Gasteiger partial charge in [0.2, 0.25) is 5.91 Å². The van der Waals surface area contributed by atoms with E-state index in [1.54, 1.807) is 18.3 Å². The summed E-state index contributed by atoms with van der Waals surface area (Å²) in [6.45, 7) is 0. The van der Waals surface area contributed by atoms with Crippen LogP contribution in [0.25, 0.3) is 5.65 Å². The Morgan fingerprint density at radius 3 is 2.68 bits per heavy atom. The Kier molecular flexibility index (Phi) is 3.52. The average Bonchev–Trinajstić information content (AvgIpc) is 2.94. The third kappa shape index (κ3) is 2.56. The van der Waals surface area contributed by atoms with Crippen molar-refractivity contribution in [3.8, 4) is 0 Å². The van der Waals surface area contributed by atoms with Crippen LogP contribution in [0.15, 0.2) is 30.5 Å². The second kappa shape index (κ2) is 5.61. The second-order valence-corrected chi connectivity index (χ2v) is 6.24. The van der Waals surface area contributed by atoms with Crippen molar-refractivity contribution in [1.29, 1.82) is 0 Å². The van der Waals surface area contributed by atoms with E-state index in [0.29, 0.717) is 36.5 Å². The van der Waals surface area contributed by atoms with Crippen molar-refractivity contribution in [2.45, 2.75) is 25.2 Å². The smallest absolute Gasteiger partial charge is 0.248 e. The Hall–Kier alpha value is -2.83. The maximum atomic E-state index is 14.1. The SMILES string of the molecule is NC(=O)c1ccn2c3c(nc2c1)CC(c1cc(F)c(F)cc1F)CC3. The summed E-state index contributed by atoms with van der Waals surface area (Å²) in [4.78, 5) is 15.8. The summed E-state index contributed by atoms with van der Waals surface area (Å²) < 4.78 is 42.6. The first kappa shape index (κ1) is 15.7. The summed E-state index contributed by atoms with van der Waals surface area (Å²) >= 11 is 0. The van der Waals surface area contributed by atoms with Crippen molar-refractivity contribution < 1.29 is 18.0 Å². The zero-order valence-corrected chi connectivity index (χ0v) is 13.1. The molecule has 7 heteroatoms. The van der Waals surface area contributed by atoms with Crippen LogP contribution in [0.4, 0.5) is 13.2 Å². The number of aromatic nitrogens is 2. The van der Waals surface area contributed by atoms with Crippen LogP contribution in [0.3, 0.4) is 0 Å². The Bertz CT molecular complexity index is 1010. The molecule has 1 aromatic carbocycles.